The van der Waals surface area contributed by atoms with Crippen molar-refractivity contribution >= 4 is 74.0 Å². The number of unbranched alkanes of at least 4 members (excludes halogenated alkanes) is 1. The van der Waals surface area contributed by atoms with E-state index in [0.717, 1.165) is 35.6 Å². The third-order valence-electron chi connectivity index (χ3n) is 14.5. The second kappa shape index (κ2) is 30.0. The quantitative estimate of drug-likeness (QED) is 0.0229. The molecule has 0 radical (unpaired) electrons. The van der Waals surface area contributed by atoms with Crippen molar-refractivity contribution in [3.63, 3.8) is 0 Å². The van der Waals surface area contributed by atoms with E-state index in [1.54, 1.807) is 11.8 Å². The fraction of sp³-hybridized carbons (Fsp3) is 0.673. The minimum absolute atomic E-state index is 0.0113. The lowest BCUT2D eigenvalue weighted by Crippen LogP contribution is -2.40. The molecule has 3 aromatic rings. The van der Waals surface area contributed by atoms with Gasteiger partial charge < -0.3 is 66.4 Å². The van der Waals surface area contributed by atoms with Gasteiger partial charge in [-0.1, -0.05) is 18.6 Å². The molecule has 8 rings (SSSR count). The number of aromatic amines is 1. The Balaban J connectivity index is 0.779. The van der Waals surface area contributed by atoms with Crippen LogP contribution in [0.1, 0.15) is 86.9 Å². The number of phosphoric ester groups is 1. The van der Waals surface area contributed by atoms with E-state index in [-0.39, 0.29) is 135 Å². The number of nitrogens with one attached hydrogen (secondary N) is 7. The number of fused-ring (bicyclic) bond motifs is 2. The lowest BCUT2D eigenvalue weighted by molar-refractivity contribution is -0.166. The smallest absolute Gasteiger partial charge is 0.387 e. The number of amides is 6. The summed E-state index contributed by atoms with van der Waals surface area (Å²) in [4.78, 5) is 99.8. The zero-order chi connectivity index (χ0) is 61.7. The van der Waals surface area contributed by atoms with Crippen molar-refractivity contribution in [2.45, 2.75) is 124 Å². The highest BCUT2D eigenvalue weighted by Crippen LogP contribution is 2.53. The molecule has 10 atom stereocenters. The molecule has 6 amide bonds. The zero-order valence-corrected chi connectivity index (χ0v) is 49.4. The van der Waals surface area contributed by atoms with Gasteiger partial charge >= 0.3 is 39.1 Å². The van der Waals surface area contributed by atoms with Crippen LogP contribution in [0, 0.1) is 0 Å². The number of carbonyl (C=O) groups excluding carboxylic acids is 5. The SMILES string of the molecule is CCOP(=O)(NC(=O)[C@@H]1CCCN1)OC[C@H]1O[C@@H](n2c(=O)[nH]c3c(N)ncnc32)[C@H](OP(=O)(O)OCCOCCOCCN(CCCNC(=O)c2cccc(C3(C(F)(F)F)N=N3)c2)C(=O)CCCNC(=O)CCCC[C@@H]2SC[C@@H]3NC(=O)N[C@@H]32)[C@@H]1O. The summed E-state index contributed by atoms with van der Waals surface area (Å²) in [5.41, 5.74) is 1.85. The van der Waals surface area contributed by atoms with Crippen molar-refractivity contribution in [3.8, 4) is 0 Å². The number of thioether (sulfide) groups is 1. The standard InChI is InChI=1S/C49H71F3N14O17P2S/c1-2-79-84(74,62-44(71)31-11-6-15-54-31)81-26-33-39(69)40(45(82-33)66-42-38(61-47(66)73)41(53)57-28-58-42)83-85(75,76)80-24-23-78-22-21-77-20-19-65(18-8-17-56-43(70)29-9-5-10-30(25-29)48(63-64-48)49(50,51)52)36(68)14-7-16-55-35(67)13-4-3-12-34-37-32(27-86-34)59-46(72)60-37/h5,9-10,25,28,31-34,37,39-40,45,54,69H,2-4,6-8,11-24,26-27H2,1H3,(H,55,67)(H,56,70)(H,61,73)(H,75,76)(H2,53,57,58)(H2,59,60,72)(H,62,71,74)/t31-,32-,33+,34-,37-,39+,40+,45+,84?/m0/s1. The van der Waals surface area contributed by atoms with Crippen LogP contribution in [0.5, 0.6) is 0 Å². The second-order valence-corrected chi connectivity index (χ2v) is 24.9. The summed E-state index contributed by atoms with van der Waals surface area (Å²) in [5, 5.41) is 34.8. The molecule has 4 saturated heterocycles. The summed E-state index contributed by atoms with van der Waals surface area (Å²) in [7, 11) is -9.53. The number of hydrogen-bond acceptors (Lipinski definition) is 23. The first kappa shape index (κ1) is 66.3. The van der Waals surface area contributed by atoms with Gasteiger partial charge in [-0.25, -0.2) is 33.3 Å². The maximum atomic E-state index is 13.6. The molecule has 11 N–H and O–H groups in total. The van der Waals surface area contributed by atoms with Crippen LogP contribution in [0.25, 0.3) is 11.2 Å². The summed E-state index contributed by atoms with van der Waals surface area (Å²) >= 11 is 1.81. The lowest BCUT2D eigenvalue weighted by atomic mass is 10.00. The average Bonchev–Trinajstić information content (AvgIpc) is 1.67. The molecule has 2 aromatic heterocycles. The van der Waals surface area contributed by atoms with E-state index < -0.39 is 88.7 Å². The minimum atomic E-state index is -5.14. The molecule has 5 aliphatic rings. The van der Waals surface area contributed by atoms with Crippen LogP contribution in [-0.4, -0.2) is 197 Å². The lowest BCUT2D eigenvalue weighted by Gasteiger charge is -2.24. The Morgan fingerprint density at radius 1 is 0.965 bits per heavy atom. The Bertz CT molecular complexity index is 3050. The Labute approximate surface area is 494 Å². The molecule has 1 aromatic carbocycles. The summed E-state index contributed by atoms with van der Waals surface area (Å²) in [5.74, 6) is -1.01. The number of alkyl halides is 3. The van der Waals surface area contributed by atoms with Crippen molar-refractivity contribution in [2.24, 2.45) is 10.2 Å². The van der Waals surface area contributed by atoms with Crippen molar-refractivity contribution in [1.82, 2.24) is 56.1 Å². The molecule has 7 heterocycles. The number of nitrogens with two attached hydrogens (primary N) is 1. The largest absolute Gasteiger partial charge is 0.472 e. The summed E-state index contributed by atoms with van der Waals surface area (Å²) in [6.07, 6.45) is -6.28. The monoisotopic (exact) mass is 1280 g/mol. The molecule has 86 heavy (non-hydrogen) atoms. The van der Waals surface area contributed by atoms with Gasteiger partial charge in [-0.2, -0.15) is 24.9 Å². The molecule has 4 fully saturated rings. The van der Waals surface area contributed by atoms with Crippen molar-refractivity contribution < 1.29 is 88.6 Å². The van der Waals surface area contributed by atoms with Gasteiger partial charge in [0, 0.05) is 61.2 Å². The number of phosphoric acid groups is 1. The van der Waals surface area contributed by atoms with Gasteiger partial charge in [0.25, 0.3) is 5.91 Å². The van der Waals surface area contributed by atoms with E-state index in [1.165, 1.54) is 30.0 Å². The number of anilines is 1. The van der Waals surface area contributed by atoms with Crippen LogP contribution in [0.4, 0.5) is 23.8 Å². The van der Waals surface area contributed by atoms with E-state index in [4.69, 9.17) is 38.0 Å². The van der Waals surface area contributed by atoms with Crippen LogP contribution >= 0.6 is 27.3 Å². The third-order valence-corrected chi connectivity index (χ3v) is 18.6. The number of aromatic nitrogens is 4. The number of aliphatic hydroxyl groups is 1. The molecule has 0 spiro atoms. The van der Waals surface area contributed by atoms with E-state index in [9.17, 15) is 61.1 Å². The van der Waals surface area contributed by atoms with Gasteiger partial charge in [0.1, 0.15) is 30.2 Å². The summed E-state index contributed by atoms with van der Waals surface area (Å²) in [6.45, 7) is 0.844. The Hall–Kier alpha value is -5.68. The van der Waals surface area contributed by atoms with Gasteiger partial charge in [0.05, 0.1) is 64.4 Å². The topological polar surface area (TPSA) is 414 Å². The number of rotatable bonds is 35. The van der Waals surface area contributed by atoms with Crippen LogP contribution in [0.15, 0.2) is 45.6 Å². The number of nitrogen functional groups attached to an aromatic ring is 1. The number of imidazole rings is 1. The van der Waals surface area contributed by atoms with Gasteiger partial charge in [-0.3, -0.25) is 42.4 Å². The number of carbonyl (C=O) groups is 5. The second-order valence-electron chi connectivity index (χ2n) is 20.5. The highest BCUT2D eigenvalue weighted by atomic mass is 32.2. The predicted octanol–water partition coefficient (Wildman–Crippen LogP) is 1.98. The van der Waals surface area contributed by atoms with Gasteiger partial charge in [0.15, 0.2) is 17.7 Å². The fourth-order valence-electron chi connectivity index (χ4n) is 10.1. The number of ether oxygens (including phenoxy) is 3. The summed E-state index contributed by atoms with van der Waals surface area (Å²) in [6, 6.07) is 4.32. The Kier molecular flexibility index (Phi) is 23.1. The van der Waals surface area contributed by atoms with Crippen LogP contribution in [0.2, 0.25) is 0 Å². The average molecular weight is 1280 g/mol. The third kappa shape index (κ3) is 17.3. The highest BCUT2D eigenvalue weighted by Gasteiger charge is 2.65. The number of hydrogen-bond donors (Lipinski definition) is 10. The van der Waals surface area contributed by atoms with E-state index >= 15 is 0 Å². The zero-order valence-electron chi connectivity index (χ0n) is 46.8. The van der Waals surface area contributed by atoms with E-state index in [1.807, 2.05) is 0 Å². The normalized spacial score (nSPS) is 24.4. The molecule has 0 aliphatic carbocycles. The number of urea groups is 1. The number of benzene rings is 1. The van der Waals surface area contributed by atoms with E-state index in [2.05, 4.69) is 56.9 Å². The molecule has 0 saturated carbocycles. The maximum Gasteiger partial charge on any atom is 0.472 e. The number of halogens is 3. The molecule has 2 unspecified atom stereocenters. The molecule has 476 valence electrons. The highest BCUT2D eigenvalue weighted by molar-refractivity contribution is 8.00. The van der Waals surface area contributed by atoms with Crippen LogP contribution in [0.3, 0.4) is 0 Å². The number of H-pyrrole nitrogens is 1. The first-order valence-corrected chi connectivity index (χ1v) is 32.1. The van der Waals surface area contributed by atoms with Crippen LogP contribution in [-0.2, 0) is 61.5 Å². The van der Waals surface area contributed by atoms with Crippen molar-refractivity contribution in [2.75, 3.05) is 90.5 Å². The Morgan fingerprint density at radius 2 is 1.73 bits per heavy atom. The number of nitrogens with zero attached hydrogens (tertiary/aromatic N) is 6. The molecule has 5 aliphatic heterocycles. The molecular weight excluding hydrogens is 1210 g/mol. The van der Waals surface area contributed by atoms with Crippen molar-refractivity contribution in [1.29, 1.82) is 0 Å². The molecule has 37 heteroatoms. The van der Waals surface area contributed by atoms with Crippen molar-refractivity contribution in [3.05, 3.63) is 52.2 Å². The number of aliphatic hydroxyl groups excluding tert-OH is 1. The molecule has 0 bridgehead atoms. The predicted molar refractivity (Wildman–Crippen MR) is 298 cm³/mol. The Morgan fingerprint density at radius 3 is 2.48 bits per heavy atom. The van der Waals surface area contributed by atoms with E-state index in [0.29, 0.717) is 38.6 Å². The minimum Gasteiger partial charge on any atom is -0.387 e. The van der Waals surface area contributed by atoms with Gasteiger partial charge in [0.2, 0.25) is 17.7 Å². The maximum absolute atomic E-state index is 13.6. The molecule has 31 nitrogen and oxygen atoms in total. The van der Waals surface area contributed by atoms with Gasteiger partial charge in [-0.15, -0.1) is 10.2 Å². The first-order valence-electron chi connectivity index (χ1n) is 28.0. The van der Waals surface area contributed by atoms with Crippen LogP contribution < -0.4 is 43.1 Å². The molecular formula is C49H71F3N14O17P2S. The first-order chi connectivity index (χ1) is 41.1. The summed E-state index contributed by atoms with van der Waals surface area (Å²) < 4.78 is 107. The fourth-order valence-corrected chi connectivity index (χ4v) is 13.8. The van der Waals surface area contributed by atoms with Gasteiger partial charge in [-0.05, 0) is 64.1 Å².